The van der Waals surface area contributed by atoms with Gasteiger partial charge in [-0.05, 0) is 54.9 Å². The summed E-state index contributed by atoms with van der Waals surface area (Å²) in [6.45, 7) is 6.72. The molecule has 0 bridgehead atoms. The van der Waals surface area contributed by atoms with Crippen molar-refractivity contribution in [2.45, 2.75) is 39.5 Å². The van der Waals surface area contributed by atoms with E-state index in [0.29, 0.717) is 5.92 Å². The van der Waals surface area contributed by atoms with Crippen LogP contribution >= 0.6 is 0 Å². The summed E-state index contributed by atoms with van der Waals surface area (Å²) in [6, 6.07) is 13.8. The first-order valence-electron chi connectivity index (χ1n) is 6.85. The van der Waals surface area contributed by atoms with Gasteiger partial charge in [0.2, 0.25) is 0 Å². The average Bonchev–Trinajstić information content (AvgIpc) is 2.48. The maximum absolute atomic E-state index is 2.36. The lowest BCUT2D eigenvalue weighted by Crippen LogP contribution is -1.94. The lowest BCUT2D eigenvalue weighted by molar-refractivity contribution is 0.689. The molecule has 0 saturated carbocycles. The van der Waals surface area contributed by atoms with Gasteiger partial charge in [-0.2, -0.15) is 0 Å². The minimum absolute atomic E-state index is 0.660. The van der Waals surface area contributed by atoms with E-state index in [4.69, 9.17) is 0 Å². The molecule has 0 fully saturated rings. The first-order chi connectivity index (χ1) is 8.65. The molecule has 2 aromatic carbocycles. The molecule has 0 nitrogen and oxygen atoms in total. The van der Waals surface area contributed by atoms with Crippen molar-refractivity contribution in [2.75, 3.05) is 0 Å². The summed E-state index contributed by atoms with van der Waals surface area (Å²) < 4.78 is 0. The van der Waals surface area contributed by atoms with Crippen LogP contribution in [0.1, 0.15) is 41.5 Å². The van der Waals surface area contributed by atoms with Gasteiger partial charge in [0.25, 0.3) is 0 Å². The highest BCUT2D eigenvalue weighted by Gasteiger charge is 2.19. The van der Waals surface area contributed by atoms with E-state index < -0.39 is 0 Å². The molecule has 0 radical (unpaired) electrons. The smallest absolute Gasteiger partial charge is 0.0144 e. The van der Waals surface area contributed by atoms with E-state index >= 15 is 0 Å². The maximum atomic E-state index is 2.36. The largest absolute Gasteiger partial charge is 0.0590 e. The number of rotatable bonds is 0. The molecule has 18 heavy (non-hydrogen) atoms. The second-order valence-corrected chi connectivity index (χ2v) is 5.69. The minimum Gasteiger partial charge on any atom is -0.0590 e. The fraction of sp³-hybridized carbons (Fsp3) is 0.333. The maximum Gasteiger partial charge on any atom is -0.0144 e. The van der Waals surface area contributed by atoms with E-state index in [1.807, 2.05) is 0 Å². The van der Waals surface area contributed by atoms with Crippen molar-refractivity contribution in [2.24, 2.45) is 0 Å². The van der Waals surface area contributed by atoms with Crippen LogP contribution in [0.25, 0.3) is 11.1 Å². The molecule has 2 aromatic rings. The van der Waals surface area contributed by atoms with Gasteiger partial charge in [0.15, 0.2) is 0 Å². The number of hydrogen-bond acceptors (Lipinski definition) is 0. The Morgan fingerprint density at radius 2 is 1.56 bits per heavy atom. The van der Waals surface area contributed by atoms with E-state index in [2.05, 4.69) is 57.2 Å². The van der Waals surface area contributed by atoms with Gasteiger partial charge in [-0.15, -0.1) is 0 Å². The quantitative estimate of drug-likeness (QED) is 0.602. The van der Waals surface area contributed by atoms with Crippen molar-refractivity contribution < 1.29 is 0 Å². The summed E-state index contributed by atoms with van der Waals surface area (Å²) in [4.78, 5) is 0. The van der Waals surface area contributed by atoms with Crippen LogP contribution in [-0.4, -0.2) is 0 Å². The first-order valence-corrected chi connectivity index (χ1v) is 6.85. The molecule has 0 amide bonds. The highest BCUT2D eigenvalue weighted by molar-refractivity contribution is 5.73. The third-order valence-electron chi connectivity index (χ3n) is 4.14. The lowest BCUT2D eigenvalue weighted by atomic mass is 9.91. The van der Waals surface area contributed by atoms with Crippen LogP contribution in [0.2, 0.25) is 0 Å². The van der Waals surface area contributed by atoms with E-state index in [1.54, 1.807) is 0 Å². The predicted octanol–water partition coefficient (Wildman–Crippen LogP) is 5.02. The fourth-order valence-electron chi connectivity index (χ4n) is 3.02. The van der Waals surface area contributed by atoms with Crippen molar-refractivity contribution in [3.8, 4) is 11.1 Å². The summed E-state index contributed by atoms with van der Waals surface area (Å²) in [5.41, 5.74) is 8.66. The standard InChI is InChI=1S/C18H20/c1-12-4-7-15-8-6-14(3)16-9-5-13(2)11-18(16)17(15)10-12/h4-5,7,9-11,14H,6,8H2,1-3H3. The summed E-state index contributed by atoms with van der Waals surface area (Å²) in [7, 11) is 0. The molecule has 1 unspecified atom stereocenters. The van der Waals surface area contributed by atoms with Crippen LogP contribution in [-0.2, 0) is 6.42 Å². The molecule has 0 spiro atoms. The predicted molar refractivity (Wildman–Crippen MR) is 78.1 cm³/mol. The summed E-state index contributed by atoms with van der Waals surface area (Å²) in [5, 5.41) is 0. The molecule has 0 N–H and O–H groups in total. The van der Waals surface area contributed by atoms with Crippen LogP contribution in [0.4, 0.5) is 0 Å². The van der Waals surface area contributed by atoms with Gasteiger partial charge in [0, 0.05) is 0 Å². The molecule has 0 aromatic heterocycles. The van der Waals surface area contributed by atoms with Crippen LogP contribution < -0.4 is 0 Å². The third kappa shape index (κ3) is 1.86. The molecule has 0 aliphatic heterocycles. The second-order valence-electron chi connectivity index (χ2n) is 5.69. The monoisotopic (exact) mass is 236 g/mol. The molecule has 0 saturated heterocycles. The molecule has 0 heteroatoms. The van der Waals surface area contributed by atoms with Crippen molar-refractivity contribution in [1.29, 1.82) is 0 Å². The molecule has 92 valence electrons. The van der Waals surface area contributed by atoms with Crippen LogP contribution in [0.3, 0.4) is 0 Å². The molecule has 0 heterocycles. The zero-order chi connectivity index (χ0) is 12.7. The van der Waals surface area contributed by atoms with Crippen molar-refractivity contribution in [1.82, 2.24) is 0 Å². The van der Waals surface area contributed by atoms with Gasteiger partial charge in [-0.3, -0.25) is 0 Å². The Morgan fingerprint density at radius 1 is 0.889 bits per heavy atom. The second kappa shape index (κ2) is 4.28. The topological polar surface area (TPSA) is 0 Å². The zero-order valence-electron chi connectivity index (χ0n) is 11.5. The highest BCUT2D eigenvalue weighted by atomic mass is 14.2. The van der Waals surface area contributed by atoms with Gasteiger partial charge >= 0.3 is 0 Å². The molecule has 3 rings (SSSR count). The van der Waals surface area contributed by atoms with E-state index in [0.717, 1.165) is 0 Å². The van der Waals surface area contributed by atoms with Crippen molar-refractivity contribution in [3.63, 3.8) is 0 Å². The lowest BCUT2D eigenvalue weighted by Gasteiger charge is -2.14. The van der Waals surface area contributed by atoms with E-state index in [-0.39, 0.29) is 0 Å². The molecular formula is C18H20. The Morgan fingerprint density at radius 3 is 2.33 bits per heavy atom. The van der Waals surface area contributed by atoms with Crippen LogP contribution in [0.5, 0.6) is 0 Å². The van der Waals surface area contributed by atoms with E-state index in [1.165, 1.54) is 46.2 Å². The number of aryl methyl sites for hydroxylation is 3. The molecule has 1 aliphatic rings. The number of benzene rings is 2. The highest BCUT2D eigenvalue weighted by Crippen LogP contribution is 2.38. The molecule has 1 aliphatic carbocycles. The van der Waals surface area contributed by atoms with Crippen molar-refractivity contribution >= 4 is 0 Å². The van der Waals surface area contributed by atoms with Crippen molar-refractivity contribution in [3.05, 3.63) is 58.7 Å². The Labute approximate surface area is 110 Å². The third-order valence-corrected chi connectivity index (χ3v) is 4.14. The first kappa shape index (κ1) is 11.5. The Bertz CT molecular complexity index is 593. The van der Waals surface area contributed by atoms with Gasteiger partial charge in [-0.25, -0.2) is 0 Å². The van der Waals surface area contributed by atoms with Gasteiger partial charge in [0.05, 0.1) is 0 Å². The molecular weight excluding hydrogens is 216 g/mol. The Kier molecular flexibility index (Phi) is 2.74. The van der Waals surface area contributed by atoms with Crippen LogP contribution in [0.15, 0.2) is 36.4 Å². The average molecular weight is 236 g/mol. The molecule has 1 atom stereocenters. The van der Waals surface area contributed by atoms with Crippen LogP contribution in [0, 0.1) is 13.8 Å². The van der Waals surface area contributed by atoms with Gasteiger partial charge in [0.1, 0.15) is 0 Å². The zero-order valence-corrected chi connectivity index (χ0v) is 11.5. The normalized spacial score (nSPS) is 17.8. The number of fused-ring (bicyclic) bond motifs is 3. The summed E-state index contributed by atoms with van der Waals surface area (Å²) in [6.07, 6.45) is 2.45. The number of hydrogen-bond donors (Lipinski definition) is 0. The summed E-state index contributed by atoms with van der Waals surface area (Å²) in [5.74, 6) is 0.660. The SMILES string of the molecule is Cc1ccc2c(c1)-c1cc(C)ccc1C(C)CC2. The van der Waals surface area contributed by atoms with Gasteiger partial charge < -0.3 is 0 Å². The minimum atomic E-state index is 0.660. The van der Waals surface area contributed by atoms with Gasteiger partial charge in [-0.1, -0.05) is 54.4 Å². The summed E-state index contributed by atoms with van der Waals surface area (Å²) >= 11 is 0. The van der Waals surface area contributed by atoms with E-state index in [9.17, 15) is 0 Å². The fourth-order valence-corrected chi connectivity index (χ4v) is 3.02. The Hall–Kier alpha value is -1.56. The Balaban J connectivity index is 2.30.